The Morgan fingerprint density at radius 3 is 2.40 bits per heavy atom. The van der Waals surface area contributed by atoms with Crippen LogP contribution in [0.15, 0.2) is 42.7 Å². The first-order chi connectivity index (χ1) is 7.31. The highest BCUT2D eigenvalue weighted by atomic mass is 14.8. The molecule has 3 nitrogen and oxygen atoms in total. The van der Waals surface area contributed by atoms with Crippen molar-refractivity contribution >= 4 is 5.69 Å². The van der Waals surface area contributed by atoms with Crippen molar-refractivity contribution in [3.63, 3.8) is 0 Å². The molecule has 0 radical (unpaired) electrons. The first kappa shape index (κ1) is 9.80. The van der Waals surface area contributed by atoms with Gasteiger partial charge in [-0.2, -0.15) is 0 Å². The Labute approximate surface area is 89.3 Å². The maximum Gasteiger partial charge on any atom is 0.0566 e. The largest absolute Gasteiger partial charge is 0.388 e. The number of hydrogen-bond acceptors (Lipinski definition) is 2. The van der Waals surface area contributed by atoms with Crippen LogP contribution in [0.1, 0.15) is 17.2 Å². The second-order valence-corrected chi connectivity index (χ2v) is 3.49. The van der Waals surface area contributed by atoms with E-state index in [-0.39, 0.29) is 6.04 Å². The van der Waals surface area contributed by atoms with Gasteiger partial charge in [-0.05, 0) is 29.3 Å². The maximum atomic E-state index is 6.11. The number of aromatic nitrogens is 1. The standard InChI is InChI=1S/C12H15N3/c1-14-11-4-2-9(3-5-11)12(13)10-6-7-15-8-10/h2-8,12,14-15H,13H2,1H3. The molecule has 2 aromatic rings. The Morgan fingerprint density at radius 2 is 1.87 bits per heavy atom. The molecular weight excluding hydrogens is 186 g/mol. The molecule has 2 rings (SSSR count). The molecule has 1 aromatic carbocycles. The minimum atomic E-state index is -0.0536. The van der Waals surface area contributed by atoms with Crippen LogP contribution in [0.4, 0.5) is 5.69 Å². The molecule has 0 saturated carbocycles. The fraction of sp³-hybridized carbons (Fsp3) is 0.167. The number of nitrogens with one attached hydrogen (secondary N) is 2. The molecule has 0 bridgehead atoms. The molecule has 0 fully saturated rings. The van der Waals surface area contributed by atoms with E-state index >= 15 is 0 Å². The molecule has 1 aromatic heterocycles. The summed E-state index contributed by atoms with van der Waals surface area (Å²) < 4.78 is 0. The van der Waals surface area contributed by atoms with Gasteiger partial charge in [0.1, 0.15) is 0 Å². The lowest BCUT2D eigenvalue weighted by molar-refractivity contribution is 0.873. The predicted molar refractivity (Wildman–Crippen MR) is 62.8 cm³/mol. The molecule has 15 heavy (non-hydrogen) atoms. The quantitative estimate of drug-likeness (QED) is 0.712. The number of nitrogens with two attached hydrogens (primary N) is 1. The molecule has 1 heterocycles. The van der Waals surface area contributed by atoms with Crippen LogP contribution in [0.25, 0.3) is 0 Å². The zero-order valence-electron chi connectivity index (χ0n) is 8.70. The van der Waals surface area contributed by atoms with Crippen molar-refractivity contribution in [3.8, 4) is 0 Å². The average molecular weight is 201 g/mol. The highest BCUT2D eigenvalue weighted by Gasteiger charge is 2.08. The van der Waals surface area contributed by atoms with Gasteiger partial charge in [0, 0.05) is 25.1 Å². The lowest BCUT2D eigenvalue weighted by Crippen LogP contribution is -2.10. The molecule has 0 aliphatic heterocycles. The Morgan fingerprint density at radius 1 is 1.13 bits per heavy atom. The lowest BCUT2D eigenvalue weighted by atomic mass is 10.0. The van der Waals surface area contributed by atoms with Crippen LogP contribution >= 0.6 is 0 Å². The van der Waals surface area contributed by atoms with Gasteiger partial charge in [-0.25, -0.2) is 0 Å². The lowest BCUT2D eigenvalue weighted by Gasteiger charge is -2.10. The number of anilines is 1. The van der Waals surface area contributed by atoms with Gasteiger partial charge in [0.25, 0.3) is 0 Å². The molecule has 78 valence electrons. The van der Waals surface area contributed by atoms with Gasteiger partial charge in [-0.15, -0.1) is 0 Å². The van der Waals surface area contributed by atoms with Crippen LogP contribution in [0.5, 0.6) is 0 Å². The van der Waals surface area contributed by atoms with Gasteiger partial charge in [-0.3, -0.25) is 0 Å². The summed E-state index contributed by atoms with van der Waals surface area (Å²) in [5.74, 6) is 0. The number of rotatable bonds is 3. The summed E-state index contributed by atoms with van der Waals surface area (Å²) in [5.41, 5.74) is 9.43. The zero-order chi connectivity index (χ0) is 10.7. The van der Waals surface area contributed by atoms with Crippen molar-refractivity contribution in [3.05, 3.63) is 53.9 Å². The van der Waals surface area contributed by atoms with E-state index in [9.17, 15) is 0 Å². The van der Waals surface area contributed by atoms with Gasteiger partial charge in [-0.1, -0.05) is 12.1 Å². The van der Waals surface area contributed by atoms with E-state index in [1.807, 2.05) is 49.8 Å². The Hall–Kier alpha value is -1.74. The molecule has 4 N–H and O–H groups in total. The summed E-state index contributed by atoms with van der Waals surface area (Å²) in [6.45, 7) is 0. The van der Waals surface area contributed by atoms with Crippen LogP contribution in [-0.2, 0) is 0 Å². The van der Waals surface area contributed by atoms with E-state index in [4.69, 9.17) is 5.73 Å². The maximum absolute atomic E-state index is 6.11. The molecular formula is C12H15N3. The Kier molecular flexibility index (Phi) is 2.74. The Balaban J connectivity index is 2.22. The van der Waals surface area contributed by atoms with E-state index in [1.54, 1.807) is 0 Å². The number of aromatic amines is 1. The minimum Gasteiger partial charge on any atom is -0.388 e. The Bertz CT molecular complexity index is 403. The van der Waals surface area contributed by atoms with Gasteiger partial charge in [0.15, 0.2) is 0 Å². The van der Waals surface area contributed by atoms with Crippen molar-refractivity contribution in [2.45, 2.75) is 6.04 Å². The van der Waals surface area contributed by atoms with Crippen molar-refractivity contribution in [1.29, 1.82) is 0 Å². The topological polar surface area (TPSA) is 53.8 Å². The normalized spacial score (nSPS) is 12.4. The molecule has 1 atom stereocenters. The second-order valence-electron chi connectivity index (χ2n) is 3.49. The van der Waals surface area contributed by atoms with Crippen LogP contribution in [0.3, 0.4) is 0 Å². The fourth-order valence-corrected chi connectivity index (χ4v) is 1.58. The van der Waals surface area contributed by atoms with Crippen molar-refractivity contribution in [2.24, 2.45) is 5.73 Å². The van der Waals surface area contributed by atoms with E-state index in [0.717, 1.165) is 16.8 Å². The molecule has 0 aliphatic carbocycles. The molecule has 0 aliphatic rings. The van der Waals surface area contributed by atoms with E-state index in [1.165, 1.54) is 0 Å². The van der Waals surface area contributed by atoms with Crippen molar-refractivity contribution < 1.29 is 0 Å². The molecule has 0 amide bonds. The average Bonchev–Trinajstić information content (AvgIpc) is 2.82. The van der Waals surface area contributed by atoms with Gasteiger partial charge >= 0.3 is 0 Å². The highest BCUT2D eigenvalue weighted by Crippen LogP contribution is 2.20. The van der Waals surface area contributed by atoms with Crippen LogP contribution in [0.2, 0.25) is 0 Å². The molecule has 0 saturated heterocycles. The zero-order valence-corrected chi connectivity index (χ0v) is 8.70. The van der Waals surface area contributed by atoms with Crippen molar-refractivity contribution in [2.75, 3.05) is 12.4 Å². The molecule has 3 heteroatoms. The van der Waals surface area contributed by atoms with E-state index in [2.05, 4.69) is 10.3 Å². The number of benzene rings is 1. The summed E-state index contributed by atoms with van der Waals surface area (Å²) in [7, 11) is 1.90. The fourth-order valence-electron chi connectivity index (χ4n) is 1.58. The number of hydrogen-bond donors (Lipinski definition) is 3. The smallest absolute Gasteiger partial charge is 0.0566 e. The van der Waals surface area contributed by atoms with Gasteiger partial charge in [0.2, 0.25) is 0 Å². The highest BCUT2D eigenvalue weighted by molar-refractivity contribution is 5.45. The van der Waals surface area contributed by atoms with E-state index in [0.29, 0.717) is 0 Å². The van der Waals surface area contributed by atoms with Gasteiger partial charge < -0.3 is 16.0 Å². The second kappa shape index (κ2) is 4.19. The SMILES string of the molecule is CNc1ccc(C(N)c2cc[nH]c2)cc1. The third-order valence-corrected chi connectivity index (χ3v) is 2.54. The third-order valence-electron chi connectivity index (χ3n) is 2.54. The molecule has 1 unspecified atom stereocenters. The van der Waals surface area contributed by atoms with Crippen LogP contribution in [0, 0.1) is 0 Å². The summed E-state index contributed by atoms with van der Waals surface area (Å²) in [4.78, 5) is 3.01. The van der Waals surface area contributed by atoms with Crippen LogP contribution in [-0.4, -0.2) is 12.0 Å². The number of H-pyrrole nitrogens is 1. The summed E-state index contributed by atoms with van der Waals surface area (Å²) in [5, 5.41) is 3.08. The summed E-state index contributed by atoms with van der Waals surface area (Å²) >= 11 is 0. The summed E-state index contributed by atoms with van der Waals surface area (Å²) in [6.07, 6.45) is 3.81. The van der Waals surface area contributed by atoms with Gasteiger partial charge in [0.05, 0.1) is 6.04 Å². The van der Waals surface area contributed by atoms with E-state index < -0.39 is 0 Å². The predicted octanol–water partition coefficient (Wildman–Crippen LogP) is 2.10. The molecule has 0 spiro atoms. The summed E-state index contributed by atoms with van der Waals surface area (Å²) in [6, 6.07) is 10.1. The first-order valence-electron chi connectivity index (χ1n) is 4.97. The third kappa shape index (κ3) is 2.02. The minimum absolute atomic E-state index is 0.0536. The van der Waals surface area contributed by atoms with Crippen molar-refractivity contribution in [1.82, 2.24) is 4.98 Å². The monoisotopic (exact) mass is 201 g/mol. The first-order valence-corrected chi connectivity index (χ1v) is 4.97. The van der Waals surface area contributed by atoms with Crippen LogP contribution < -0.4 is 11.1 Å².